The minimum absolute atomic E-state index is 0.684. The SMILES string of the molecule is CCc1ncccc1-c1cccc(C#N)c1. The summed E-state index contributed by atoms with van der Waals surface area (Å²) in [6.07, 6.45) is 2.70. The van der Waals surface area contributed by atoms with Crippen LogP contribution in [0.25, 0.3) is 11.1 Å². The molecule has 1 heterocycles. The topological polar surface area (TPSA) is 36.7 Å². The molecule has 0 unspecified atom stereocenters. The number of hydrogen-bond acceptors (Lipinski definition) is 2. The number of rotatable bonds is 2. The van der Waals surface area contributed by atoms with Gasteiger partial charge in [0.05, 0.1) is 11.6 Å². The Morgan fingerprint density at radius 2 is 2.12 bits per heavy atom. The lowest BCUT2D eigenvalue weighted by Crippen LogP contribution is -1.91. The molecule has 0 bridgehead atoms. The van der Waals surface area contributed by atoms with Crippen molar-refractivity contribution in [3.8, 4) is 17.2 Å². The largest absolute Gasteiger partial charge is 0.261 e. The fourth-order valence-electron chi connectivity index (χ4n) is 1.74. The molecule has 0 amide bonds. The zero-order chi connectivity index (χ0) is 11.4. The van der Waals surface area contributed by atoms with Crippen LogP contribution in [0.1, 0.15) is 18.2 Å². The first-order valence-electron chi connectivity index (χ1n) is 5.29. The van der Waals surface area contributed by atoms with E-state index >= 15 is 0 Å². The summed E-state index contributed by atoms with van der Waals surface area (Å²) in [4.78, 5) is 4.35. The second-order valence-electron chi connectivity index (χ2n) is 3.54. The van der Waals surface area contributed by atoms with Gasteiger partial charge in [-0.25, -0.2) is 0 Å². The molecule has 0 fully saturated rings. The third-order valence-corrected chi connectivity index (χ3v) is 2.53. The van der Waals surface area contributed by atoms with E-state index in [0.29, 0.717) is 5.56 Å². The van der Waals surface area contributed by atoms with Gasteiger partial charge in [-0.15, -0.1) is 0 Å². The smallest absolute Gasteiger partial charge is 0.0991 e. The van der Waals surface area contributed by atoms with E-state index in [1.807, 2.05) is 36.4 Å². The van der Waals surface area contributed by atoms with Crippen LogP contribution in [0.3, 0.4) is 0 Å². The molecule has 0 saturated carbocycles. The standard InChI is InChI=1S/C14H12N2/c1-2-14-13(7-4-8-16-14)12-6-3-5-11(9-12)10-15/h3-9H,2H2,1H3. The number of hydrogen-bond donors (Lipinski definition) is 0. The Kier molecular flexibility index (Phi) is 2.98. The molecule has 0 spiro atoms. The van der Waals surface area contributed by atoms with Crippen LogP contribution in [0.5, 0.6) is 0 Å². The van der Waals surface area contributed by atoms with E-state index in [9.17, 15) is 0 Å². The molecule has 0 aliphatic rings. The number of nitrogens with zero attached hydrogens (tertiary/aromatic N) is 2. The average Bonchev–Trinajstić information content (AvgIpc) is 2.38. The Labute approximate surface area is 95.2 Å². The van der Waals surface area contributed by atoms with Gasteiger partial charge >= 0.3 is 0 Å². The van der Waals surface area contributed by atoms with Crippen molar-refractivity contribution in [3.63, 3.8) is 0 Å². The predicted molar refractivity (Wildman–Crippen MR) is 63.8 cm³/mol. The van der Waals surface area contributed by atoms with Gasteiger partial charge in [-0.05, 0) is 30.2 Å². The molecule has 2 aromatic rings. The lowest BCUT2D eigenvalue weighted by Gasteiger charge is -2.06. The zero-order valence-electron chi connectivity index (χ0n) is 9.14. The van der Waals surface area contributed by atoms with Crippen molar-refractivity contribution >= 4 is 0 Å². The lowest BCUT2D eigenvalue weighted by molar-refractivity contribution is 1.04. The Bertz CT molecular complexity index is 538. The molecule has 0 aliphatic carbocycles. The Morgan fingerprint density at radius 1 is 1.25 bits per heavy atom. The highest BCUT2D eigenvalue weighted by Crippen LogP contribution is 2.23. The highest BCUT2D eigenvalue weighted by atomic mass is 14.7. The van der Waals surface area contributed by atoms with Gasteiger partial charge in [-0.3, -0.25) is 4.98 Å². The first-order chi connectivity index (χ1) is 7.85. The van der Waals surface area contributed by atoms with E-state index < -0.39 is 0 Å². The van der Waals surface area contributed by atoms with E-state index in [1.165, 1.54) is 0 Å². The Balaban J connectivity index is 2.54. The zero-order valence-corrected chi connectivity index (χ0v) is 9.14. The fourth-order valence-corrected chi connectivity index (χ4v) is 1.74. The summed E-state index contributed by atoms with van der Waals surface area (Å²) >= 11 is 0. The number of benzene rings is 1. The number of aryl methyl sites for hydroxylation is 1. The highest BCUT2D eigenvalue weighted by Gasteiger charge is 2.04. The van der Waals surface area contributed by atoms with Crippen molar-refractivity contribution in [2.45, 2.75) is 13.3 Å². The van der Waals surface area contributed by atoms with Crippen LogP contribution in [0.4, 0.5) is 0 Å². The molecule has 0 atom stereocenters. The maximum absolute atomic E-state index is 8.87. The third kappa shape index (κ3) is 1.94. The van der Waals surface area contributed by atoms with E-state index in [-0.39, 0.29) is 0 Å². The molecule has 1 aromatic heterocycles. The molecule has 0 aliphatic heterocycles. The average molecular weight is 208 g/mol. The molecular weight excluding hydrogens is 196 g/mol. The second kappa shape index (κ2) is 4.59. The molecular formula is C14H12N2. The van der Waals surface area contributed by atoms with Crippen molar-refractivity contribution in [3.05, 3.63) is 53.9 Å². The van der Waals surface area contributed by atoms with Crippen LogP contribution < -0.4 is 0 Å². The minimum Gasteiger partial charge on any atom is -0.261 e. The van der Waals surface area contributed by atoms with Crippen LogP contribution in [0.2, 0.25) is 0 Å². The van der Waals surface area contributed by atoms with Gasteiger partial charge in [0, 0.05) is 17.5 Å². The summed E-state index contributed by atoms with van der Waals surface area (Å²) < 4.78 is 0. The van der Waals surface area contributed by atoms with Gasteiger partial charge in [0.1, 0.15) is 0 Å². The molecule has 2 rings (SSSR count). The lowest BCUT2D eigenvalue weighted by atomic mass is 10.0. The van der Waals surface area contributed by atoms with Crippen LogP contribution in [0, 0.1) is 11.3 Å². The molecule has 0 radical (unpaired) electrons. The molecule has 78 valence electrons. The van der Waals surface area contributed by atoms with E-state index in [2.05, 4.69) is 18.0 Å². The number of aromatic nitrogens is 1. The monoisotopic (exact) mass is 208 g/mol. The molecule has 0 N–H and O–H groups in total. The molecule has 2 heteroatoms. The number of pyridine rings is 1. The van der Waals surface area contributed by atoms with E-state index in [1.54, 1.807) is 6.20 Å². The van der Waals surface area contributed by atoms with Crippen molar-refractivity contribution in [2.75, 3.05) is 0 Å². The van der Waals surface area contributed by atoms with Crippen molar-refractivity contribution in [1.82, 2.24) is 4.98 Å². The first kappa shape index (κ1) is 10.4. The van der Waals surface area contributed by atoms with E-state index in [4.69, 9.17) is 5.26 Å². The quantitative estimate of drug-likeness (QED) is 0.760. The van der Waals surface area contributed by atoms with Gasteiger partial charge in [-0.2, -0.15) is 5.26 Å². The van der Waals surface area contributed by atoms with Gasteiger partial charge < -0.3 is 0 Å². The fraction of sp³-hybridized carbons (Fsp3) is 0.143. The Hall–Kier alpha value is -2.14. The van der Waals surface area contributed by atoms with Crippen LogP contribution in [-0.2, 0) is 6.42 Å². The van der Waals surface area contributed by atoms with Crippen LogP contribution >= 0.6 is 0 Å². The summed E-state index contributed by atoms with van der Waals surface area (Å²) in [5.41, 5.74) is 3.92. The Morgan fingerprint density at radius 3 is 2.88 bits per heavy atom. The van der Waals surface area contributed by atoms with Gasteiger partial charge in [0.25, 0.3) is 0 Å². The molecule has 0 saturated heterocycles. The van der Waals surface area contributed by atoms with E-state index in [0.717, 1.165) is 23.2 Å². The van der Waals surface area contributed by atoms with Crippen molar-refractivity contribution < 1.29 is 0 Å². The normalized spacial score (nSPS) is 9.75. The van der Waals surface area contributed by atoms with Gasteiger partial charge in [-0.1, -0.05) is 25.1 Å². The molecule has 2 nitrogen and oxygen atoms in total. The maximum atomic E-state index is 8.87. The summed E-state index contributed by atoms with van der Waals surface area (Å²) in [6.45, 7) is 2.08. The first-order valence-corrected chi connectivity index (χ1v) is 5.29. The summed E-state index contributed by atoms with van der Waals surface area (Å²) in [7, 11) is 0. The van der Waals surface area contributed by atoms with Crippen molar-refractivity contribution in [1.29, 1.82) is 5.26 Å². The van der Waals surface area contributed by atoms with Gasteiger partial charge in [0.2, 0.25) is 0 Å². The third-order valence-electron chi connectivity index (χ3n) is 2.53. The highest BCUT2D eigenvalue weighted by molar-refractivity contribution is 5.67. The van der Waals surface area contributed by atoms with Crippen LogP contribution in [0.15, 0.2) is 42.6 Å². The summed E-state index contributed by atoms with van der Waals surface area (Å²) in [6, 6.07) is 13.7. The summed E-state index contributed by atoms with van der Waals surface area (Å²) in [5.74, 6) is 0. The molecule has 1 aromatic carbocycles. The number of nitriles is 1. The summed E-state index contributed by atoms with van der Waals surface area (Å²) in [5, 5.41) is 8.87. The molecule has 16 heavy (non-hydrogen) atoms. The maximum Gasteiger partial charge on any atom is 0.0991 e. The second-order valence-corrected chi connectivity index (χ2v) is 3.54. The van der Waals surface area contributed by atoms with Gasteiger partial charge in [0.15, 0.2) is 0 Å². The van der Waals surface area contributed by atoms with Crippen molar-refractivity contribution in [2.24, 2.45) is 0 Å². The minimum atomic E-state index is 0.684. The predicted octanol–water partition coefficient (Wildman–Crippen LogP) is 3.18. The van der Waals surface area contributed by atoms with Crippen LogP contribution in [-0.4, -0.2) is 4.98 Å².